The van der Waals surface area contributed by atoms with Crippen LogP contribution in [0.15, 0.2) is 0 Å². The van der Waals surface area contributed by atoms with E-state index in [-0.39, 0.29) is 36.3 Å². The van der Waals surface area contributed by atoms with E-state index in [4.69, 9.17) is 14.6 Å². The third-order valence-corrected chi connectivity index (χ3v) is 4.84. The molecule has 0 aromatic carbocycles. The fraction of sp³-hybridized carbons (Fsp3) is 0.833. The molecule has 0 aromatic rings. The van der Waals surface area contributed by atoms with Crippen LogP contribution in [0.1, 0.15) is 47.5 Å². The Kier molecular flexibility index (Phi) is 9.20. The molecule has 0 saturated carbocycles. The maximum Gasteiger partial charge on any atom is 0.249 e. The molecule has 0 spiro atoms. The van der Waals surface area contributed by atoms with Crippen molar-refractivity contribution in [1.82, 2.24) is 10.6 Å². The summed E-state index contributed by atoms with van der Waals surface area (Å²) in [5, 5.41) is 14.4. The van der Waals surface area contributed by atoms with Gasteiger partial charge in [0.15, 0.2) is 10.9 Å². The van der Waals surface area contributed by atoms with Crippen molar-refractivity contribution in [3.63, 3.8) is 0 Å². The Morgan fingerprint density at radius 2 is 1.85 bits per heavy atom. The molecular formula is C18H32N2O6S. The van der Waals surface area contributed by atoms with E-state index >= 15 is 0 Å². The van der Waals surface area contributed by atoms with Crippen molar-refractivity contribution in [3.05, 3.63) is 0 Å². The molecule has 0 unspecified atom stereocenters. The van der Waals surface area contributed by atoms with Crippen LogP contribution in [0.2, 0.25) is 0 Å². The van der Waals surface area contributed by atoms with Gasteiger partial charge in [-0.3, -0.25) is 14.4 Å². The first-order chi connectivity index (χ1) is 12.4. The molecule has 9 heteroatoms. The average molecular weight is 405 g/mol. The topological polar surface area (TPSA) is 114 Å². The van der Waals surface area contributed by atoms with E-state index in [1.807, 2.05) is 13.8 Å². The SMILES string of the molecule is C[C@@H](O)CC(=O)SCCNC(=O)CCNC(=O)[C@@H]1OC(C)(C)OCC1(C)C. The number of nitrogens with one attached hydrogen (secondary N) is 2. The largest absolute Gasteiger partial charge is 0.393 e. The summed E-state index contributed by atoms with van der Waals surface area (Å²) in [7, 11) is 0. The van der Waals surface area contributed by atoms with Crippen LogP contribution in [-0.4, -0.2) is 65.5 Å². The lowest BCUT2D eigenvalue weighted by Crippen LogP contribution is -2.56. The second-order valence-corrected chi connectivity index (χ2v) is 8.99. The molecule has 0 bridgehead atoms. The van der Waals surface area contributed by atoms with Gasteiger partial charge >= 0.3 is 0 Å². The second-order valence-electron chi connectivity index (χ2n) is 7.84. The van der Waals surface area contributed by atoms with Crippen molar-refractivity contribution in [2.45, 2.75) is 65.5 Å². The Morgan fingerprint density at radius 3 is 2.48 bits per heavy atom. The van der Waals surface area contributed by atoms with Gasteiger partial charge in [-0.1, -0.05) is 25.6 Å². The standard InChI is InChI=1S/C18H32N2O6S/c1-12(21)10-14(23)27-9-8-19-13(22)6-7-20-16(24)15-17(2,3)11-25-18(4,5)26-15/h12,15,21H,6-11H2,1-5H3,(H,19,22)(H,20,24)/t12-,15+/m1/s1. The van der Waals surface area contributed by atoms with E-state index in [0.717, 1.165) is 11.8 Å². The predicted octanol–water partition coefficient (Wildman–Crippen LogP) is 0.817. The maximum absolute atomic E-state index is 12.4. The Bertz CT molecular complexity index is 536. The van der Waals surface area contributed by atoms with E-state index < -0.39 is 23.4 Å². The van der Waals surface area contributed by atoms with Crippen LogP contribution in [0.25, 0.3) is 0 Å². The van der Waals surface area contributed by atoms with Gasteiger partial charge in [0.05, 0.1) is 12.7 Å². The Morgan fingerprint density at radius 1 is 1.19 bits per heavy atom. The number of ether oxygens (including phenoxy) is 2. The quantitative estimate of drug-likeness (QED) is 0.488. The van der Waals surface area contributed by atoms with Gasteiger partial charge in [0, 0.05) is 37.1 Å². The molecule has 1 rings (SSSR count). The molecule has 2 amide bonds. The van der Waals surface area contributed by atoms with Crippen LogP contribution in [0.4, 0.5) is 0 Å². The van der Waals surface area contributed by atoms with Crippen molar-refractivity contribution >= 4 is 28.7 Å². The molecule has 2 atom stereocenters. The van der Waals surface area contributed by atoms with Crippen molar-refractivity contribution in [2.24, 2.45) is 5.41 Å². The fourth-order valence-corrected chi connectivity index (χ4v) is 3.25. The number of hydrogen-bond acceptors (Lipinski definition) is 7. The average Bonchev–Trinajstić information content (AvgIpc) is 2.53. The van der Waals surface area contributed by atoms with E-state index in [2.05, 4.69) is 10.6 Å². The molecule has 1 saturated heterocycles. The minimum Gasteiger partial charge on any atom is -0.393 e. The molecule has 1 fully saturated rings. The number of rotatable bonds is 9. The summed E-state index contributed by atoms with van der Waals surface area (Å²) in [5.41, 5.74) is -0.461. The summed E-state index contributed by atoms with van der Waals surface area (Å²) in [4.78, 5) is 35.6. The number of amides is 2. The Labute approximate surface area is 165 Å². The summed E-state index contributed by atoms with van der Waals surface area (Å²) in [6.45, 7) is 9.85. The zero-order chi connectivity index (χ0) is 20.7. The van der Waals surface area contributed by atoms with Crippen LogP contribution in [0.3, 0.4) is 0 Å². The molecule has 3 N–H and O–H groups in total. The highest BCUT2D eigenvalue weighted by Crippen LogP contribution is 2.34. The van der Waals surface area contributed by atoms with Gasteiger partial charge < -0.3 is 25.2 Å². The third kappa shape index (κ3) is 9.05. The van der Waals surface area contributed by atoms with E-state index in [9.17, 15) is 14.4 Å². The first kappa shape index (κ1) is 23.9. The van der Waals surface area contributed by atoms with Crippen LogP contribution in [0, 0.1) is 5.41 Å². The fourth-order valence-electron chi connectivity index (χ4n) is 2.46. The molecule has 1 heterocycles. The number of thioether (sulfide) groups is 1. The van der Waals surface area contributed by atoms with E-state index in [1.54, 1.807) is 20.8 Å². The molecule has 0 radical (unpaired) electrons. The second kappa shape index (κ2) is 10.4. The zero-order valence-corrected chi connectivity index (χ0v) is 17.6. The number of hydrogen-bond donors (Lipinski definition) is 3. The van der Waals surface area contributed by atoms with Crippen molar-refractivity contribution in [2.75, 3.05) is 25.4 Å². The molecule has 1 aliphatic rings. The molecule has 1 aliphatic heterocycles. The summed E-state index contributed by atoms with van der Waals surface area (Å²) >= 11 is 1.08. The Hall–Kier alpha value is -1.16. The molecule has 8 nitrogen and oxygen atoms in total. The highest BCUT2D eigenvalue weighted by atomic mass is 32.2. The van der Waals surface area contributed by atoms with Gasteiger partial charge in [-0.05, 0) is 20.8 Å². The highest BCUT2D eigenvalue weighted by molar-refractivity contribution is 8.13. The number of aliphatic hydroxyl groups excluding tert-OH is 1. The van der Waals surface area contributed by atoms with Gasteiger partial charge in [-0.25, -0.2) is 0 Å². The molecule has 27 heavy (non-hydrogen) atoms. The van der Waals surface area contributed by atoms with Gasteiger partial charge in [-0.2, -0.15) is 0 Å². The lowest BCUT2D eigenvalue weighted by molar-refractivity contribution is -0.304. The number of carbonyl (C=O) groups excluding carboxylic acids is 3. The van der Waals surface area contributed by atoms with E-state index in [0.29, 0.717) is 18.9 Å². The lowest BCUT2D eigenvalue weighted by atomic mass is 9.85. The summed E-state index contributed by atoms with van der Waals surface area (Å²) in [6.07, 6.45) is -1.06. The minimum absolute atomic E-state index is 0.103. The van der Waals surface area contributed by atoms with Crippen molar-refractivity contribution < 1.29 is 29.0 Å². The van der Waals surface area contributed by atoms with Crippen molar-refractivity contribution in [3.8, 4) is 0 Å². The van der Waals surface area contributed by atoms with E-state index in [1.165, 1.54) is 0 Å². The lowest BCUT2D eigenvalue weighted by Gasteiger charge is -2.44. The summed E-state index contributed by atoms with van der Waals surface area (Å²) in [5.74, 6) is -0.837. The van der Waals surface area contributed by atoms with Crippen LogP contribution >= 0.6 is 11.8 Å². The van der Waals surface area contributed by atoms with Gasteiger partial charge in [0.1, 0.15) is 6.10 Å². The molecule has 156 valence electrons. The third-order valence-electron chi connectivity index (χ3n) is 3.94. The predicted molar refractivity (Wildman–Crippen MR) is 103 cm³/mol. The van der Waals surface area contributed by atoms with Gasteiger partial charge in [0.2, 0.25) is 11.8 Å². The first-order valence-corrected chi connectivity index (χ1v) is 10.1. The minimum atomic E-state index is -0.822. The van der Waals surface area contributed by atoms with Crippen LogP contribution in [-0.2, 0) is 23.9 Å². The Balaban J connectivity index is 2.25. The number of aliphatic hydroxyl groups is 1. The molecule has 0 aliphatic carbocycles. The summed E-state index contributed by atoms with van der Waals surface area (Å²) < 4.78 is 11.3. The molecular weight excluding hydrogens is 372 g/mol. The smallest absolute Gasteiger partial charge is 0.249 e. The zero-order valence-electron chi connectivity index (χ0n) is 16.8. The highest BCUT2D eigenvalue weighted by Gasteiger charge is 2.45. The normalized spacial score (nSPS) is 21.9. The first-order valence-electron chi connectivity index (χ1n) is 9.13. The van der Waals surface area contributed by atoms with Gasteiger partial charge in [-0.15, -0.1) is 0 Å². The maximum atomic E-state index is 12.4. The molecule has 0 aromatic heterocycles. The summed E-state index contributed by atoms with van der Waals surface area (Å²) in [6, 6.07) is 0. The number of carbonyl (C=O) groups is 3. The van der Waals surface area contributed by atoms with Crippen molar-refractivity contribution in [1.29, 1.82) is 0 Å². The van der Waals surface area contributed by atoms with Crippen LogP contribution in [0.5, 0.6) is 0 Å². The van der Waals surface area contributed by atoms with Crippen LogP contribution < -0.4 is 10.6 Å². The van der Waals surface area contributed by atoms with Gasteiger partial charge in [0.25, 0.3) is 0 Å². The monoisotopic (exact) mass is 404 g/mol.